The van der Waals surface area contributed by atoms with E-state index in [1.54, 1.807) is 0 Å². The van der Waals surface area contributed by atoms with E-state index in [0.29, 0.717) is 5.92 Å². The van der Waals surface area contributed by atoms with Crippen LogP contribution in [-0.4, -0.2) is 0 Å². The van der Waals surface area contributed by atoms with Crippen LogP contribution in [0.25, 0.3) is 0 Å². The lowest BCUT2D eigenvalue weighted by Crippen LogP contribution is -2.21. The van der Waals surface area contributed by atoms with Gasteiger partial charge in [-0.3, -0.25) is 0 Å². The maximum Gasteiger partial charge on any atom is 0.0328 e. The third-order valence-corrected chi connectivity index (χ3v) is 3.98. The van der Waals surface area contributed by atoms with Gasteiger partial charge >= 0.3 is 0 Å². The maximum atomic E-state index is 6.45. The Morgan fingerprint density at radius 1 is 1.06 bits per heavy atom. The Kier molecular flexibility index (Phi) is 3.34. The highest BCUT2D eigenvalue weighted by molar-refractivity contribution is 5.39. The van der Waals surface area contributed by atoms with E-state index in [1.165, 1.54) is 47.9 Å². The van der Waals surface area contributed by atoms with Crippen LogP contribution >= 0.6 is 0 Å². The summed E-state index contributed by atoms with van der Waals surface area (Å²) in [5, 5.41) is 0. The van der Waals surface area contributed by atoms with Crippen molar-refractivity contribution < 1.29 is 0 Å². The second-order valence-electron chi connectivity index (χ2n) is 5.38. The Hall–Kier alpha value is -0.820. The Bertz CT molecular complexity index is 352. The molecule has 1 aliphatic rings. The lowest BCUT2D eigenvalue weighted by molar-refractivity contribution is 0.442. The second kappa shape index (κ2) is 4.58. The Labute approximate surface area is 99.0 Å². The van der Waals surface area contributed by atoms with Gasteiger partial charge in [0.05, 0.1) is 0 Å². The number of hydrogen-bond acceptors (Lipinski definition) is 1. The van der Waals surface area contributed by atoms with Crippen LogP contribution in [0.4, 0.5) is 0 Å². The van der Waals surface area contributed by atoms with Crippen LogP contribution in [0.15, 0.2) is 12.1 Å². The number of rotatable bonds is 2. The summed E-state index contributed by atoms with van der Waals surface area (Å²) in [5.41, 5.74) is 11.9. The van der Waals surface area contributed by atoms with Gasteiger partial charge in [-0.2, -0.15) is 0 Å². The van der Waals surface area contributed by atoms with Crippen molar-refractivity contribution in [2.45, 2.75) is 52.5 Å². The molecule has 0 amide bonds. The predicted molar refractivity (Wildman–Crippen MR) is 69.5 cm³/mol. The normalized spacial score (nSPS) is 19.0. The van der Waals surface area contributed by atoms with Crippen molar-refractivity contribution in [1.82, 2.24) is 0 Å². The molecule has 0 aliphatic heterocycles. The van der Waals surface area contributed by atoms with Crippen LogP contribution in [0.2, 0.25) is 0 Å². The largest absolute Gasteiger partial charge is 0.324 e. The van der Waals surface area contributed by atoms with E-state index >= 15 is 0 Å². The third-order valence-electron chi connectivity index (χ3n) is 3.98. The molecule has 1 saturated carbocycles. The lowest BCUT2D eigenvalue weighted by atomic mass is 9.86. The number of hydrogen-bond donors (Lipinski definition) is 1. The quantitative estimate of drug-likeness (QED) is 0.801. The summed E-state index contributed by atoms with van der Waals surface area (Å²) < 4.78 is 0. The SMILES string of the molecule is Cc1cc(C)c(C(N)C2CCCC2)c(C)c1. The fraction of sp³-hybridized carbons (Fsp3) is 0.600. The molecule has 1 unspecified atom stereocenters. The fourth-order valence-corrected chi connectivity index (χ4v) is 3.27. The van der Waals surface area contributed by atoms with Crippen molar-refractivity contribution in [3.8, 4) is 0 Å². The minimum absolute atomic E-state index is 0.253. The van der Waals surface area contributed by atoms with E-state index in [4.69, 9.17) is 5.73 Å². The lowest BCUT2D eigenvalue weighted by Gasteiger charge is -2.23. The molecule has 0 spiro atoms. The average molecular weight is 217 g/mol. The summed E-state index contributed by atoms with van der Waals surface area (Å²) >= 11 is 0. The molecule has 1 heteroatoms. The zero-order valence-electron chi connectivity index (χ0n) is 10.7. The van der Waals surface area contributed by atoms with E-state index in [9.17, 15) is 0 Å². The van der Waals surface area contributed by atoms with E-state index < -0.39 is 0 Å². The van der Waals surface area contributed by atoms with Crippen molar-refractivity contribution in [2.24, 2.45) is 11.7 Å². The molecule has 1 aliphatic carbocycles. The van der Waals surface area contributed by atoms with Gasteiger partial charge in [-0.15, -0.1) is 0 Å². The third kappa shape index (κ3) is 2.15. The Balaban J connectivity index is 2.31. The average Bonchev–Trinajstić information content (AvgIpc) is 2.67. The number of nitrogens with two attached hydrogens (primary N) is 1. The van der Waals surface area contributed by atoms with Crippen LogP contribution in [0.1, 0.15) is 54.0 Å². The summed E-state index contributed by atoms with van der Waals surface area (Å²) in [7, 11) is 0. The summed E-state index contributed by atoms with van der Waals surface area (Å²) in [5.74, 6) is 0.708. The molecule has 0 radical (unpaired) electrons. The van der Waals surface area contributed by atoms with Gasteiger partial charge in [-0.05, 0) is 56.2 Å². The van der Waals surface area contributed by atoms with Crippen LogP contribution in [0.5, 0.6) is 0 Å². The first-order chi connectivity index (χ1) is 7.59. The molecule has 1 aromatic rings. The molecular weight excluding hydrogens is 194 g/mol. The van der Waals surface area contributed by atoms with E-state index in [1.807, 2.05) is 0 Å². The molecule has 1 fully saturated rings. The van der Waals surface area contributed by atoms with E-state index in [0.717, 1.165) is 0 Å². The Morgan fingerprint density at radius 3 is 2.06 bits per heavy atom. The molecule has 1 atom stereocenters. The van der Waals surface area contributed by atoms with Crippen molar-refractivity contribution in [1.29, 1.82) is 0 Å². The van der Waals surface area contributed by atoms with Crippen LogP contribution in [-0.2, 0) is 0 Å². The summed E-state index contributed by atoms with van der Waals surface area (Å²) in [4.78, 5) is 0. The minimum Gasteiger partial charge on any atom is -0.324 e. The summed E-state index contributed by atoms with van der Waals surface area (Å²) in [6.45, 7) is 6.55. The van der Waals surface area contributed by atoms with Crippen molar-refractivity contribution in [3.05, 3.63) is 34.4 Å². The van der Waals surface area contributed by atoms with Crippen molar-refractivity contribution in [2.75, 3.05) is 0 Å². The van der Waals surface area contributed by atoms with Gasteiger partial charge in [-0.25, -0.2) is 0 Å². The van der Waals surface area contributed by atoms with Gasteiger partial charge in [0.15, 0.2) is 0 Å². The number of aryl methyl sites for hydroxylation is 3. The monoisotopic (exact) mass is 217 g/mol. The topological polar surface area (TPSA) is 26.0 Å². The highest BCUT2D eigenvalue weighted by atomic mass is 14.7. The first-order valence-electron chi connectivity index (χ1n) is 6.43. The van der Waals surface area contributed by atoms with Gasteiger partial charge < -0.3 is 5.73 Å². The molecule has 0 bridgehead atoms. The van der Waals surface area contributed by atoms with Gasteiger partial charge in [-0.1, -0.05) is 30.5 Å². The summed E-state index contributed by atoms with van der Waals surface area (Å²) in [6.07, 6.45) is 5.35. The highest BCUT2D eigenvalue weighted by Crippen LogP contribution is 2.36. The van der Waals surface area contributed by atoms with Crippen LogP contribution in [0, 0.1) is 26.7 Å². The standard InChI is InChI=1S/C15H23N/c1-10-8-11(2)14(12(3)9-10)15(16)13-6-4-5-7-13/h8-9,13,15H,4-7,16H2,1-3H3. The number of benzene rings is 1. The summed E-state index contributed by atoms with van der Waals surface area (Å²) in [6, 6.07) is 4.77. The maximum absolute atomic E-state index is 6.45. The molecule has 2 N–H and O–H groups in total. The van der Waals surface area contributed by atoms with E-state index in [-0.39, 0.29) is 6.04 Å². The van der Waals surface area contributed by atoms with Gasteiger partial charge in [0.1, 0.15) is 0 Å². The molecular formula is C15H23N. The minimum atomic E-state index is 0.253. The molecule has 0 heterocycles. The van der Waals surface area contributed by atoms with Crippen molar-refractivity contribution >= 4 is 0 Å². The smallest absolute Gasteiger partial charge is 0.0328 e. The highest BCUT2D eigenvalue weighted by Gasteiger charge is 2.25. The predicted octanol–water partition coefficient (Wildman–Crippen LogP) is 3.80. The van der Waals surface area contributed by atoms with Crippen LogP contribution in [0.3, 0.4) is 0 Å². The second-order valence-corrected chi connectivity index (χ2v) is 5.38. The molecule has 88 valence electrons. The molecule has 16 heavy (non-hydrogen) atoms. The molecule has 1 aromatic carbocycles. The zero-order chi connectivity index (χ0) is 11.7. The van der Waals surface area contributed by atoms with Gasteiger partial charge in [0, 0.05) is 6.04 Å². The molecule has 2 rings (SSSR count). The molecule has 0 saturated heterocycles. The first-order valence-corrected chi connectivity index (χ1v) is 6.43. The molecule has 0 aromatic heterocycles. The van der Waals surface area contributed by atoms with E-state index in [2.05, 4.69) is 32.9 Å². The van der Waals surface area contributed by atoms with Crippen LogP contribution < -0.4 is 5.73 Å². The first kappa shape index (κ1) is 11.7. The Morgan fingerprint density at radius 2 is 1.56 bits per heavy atom. The van der Waals surface area contributed by atoms with Gasteiger partial charge in [0.25, 0.3) is 0 Å². The van der Waals surface area contributed by atoms with Gasteiger partial charge in [0.2, 0.25) is 0 Å². The fourth-order valence-electron chi connectivity index (χ4n) is 3.27. The zero-order valence-corrected chi connectivity index (χ0v) is 10.7. The van der Waals surface area contributed by atoms with Crippen molar-refractivity contribution in [3.63, 3.8) is 0 Å². The molecule has 1 nitrogen and oxygen atoms in total.